The molecule has 3 aliphatic rings. The van der Waals surface area contributed by atoms with E-state index in [1.165, 1.54) is 31.4 Å². The number of anilines is 1. The lowest BCUT2D eigenvalue weighted by Gasteiger charge is -2.63. The normalized spacial score (nSPS) is 28.8. The van der Waals surface area contributed by atoms with E-state index in [2.05, 4.69) is 29.6 Å². The lowest BCUT2D eigenvalue weighted by molar-refractivity contribution is -0.158. The molecule has 1 N–H and O–H groups in total. The van der Waals surface area contributed by atoms with Crippen LogP contribution in [-0.4, -0.2) is 42.6 Å². The van der Waals surface area contributed by atoms with Crippen LogP contribution >= 0.6 is 0 Å². The van der Waals surface area contributed by atoms with Crippen LogP contribution in [0.15, 0.2) is 24.3 Å². The molecule has 4 rings (SSSR count). The minimum atomic E-state index is 0.212. The molecule has 4 heteroatoms. The van der Waals surface area contributed by atoms with Gasteiger partial charge < -0.3 is 15.0 Å². The zero-order valence-electron chi connectivity index (χ0n) is 15.5. The van der Waals surface area contributed by atoms with Gasteiger partial charge in [-0.05, 0) is 50.8 Å². The van der Waals surface area contributed by atoms with Crippen molar-refractivity contribution in [3.8, 4) is 0 Å². The third-order valence-corrected chi connectivity index (χ3v) is 6.78. The molecule has 2 saturated carbocycles. The maximum Gasteiger partial charge on any atom is 0.226 e. The summed E-state index contributed by atoms with van der Waals surface area (Å²) < 4.78 is 6.00. The number of ether oxygens (including phenoxy) is 1. The van der Waals surface area contributed by atoms with Gasteiger partial charge in [0.1, 0.15) is 0 Å². The number of rotatable bonds is 6. The fourth-order valence-corrected chi connectivity index (χ4v) is 5.22. The highest BCUT2D eigenvalue weighted by atomic mass is 16.5. The Morgan fingerprint density at radius 2 is 1.96 bits per heavy atom. The number of amides is 1. The Labute approximate surface area is 150 Å². The van der Waals surface area contributed by atoms with E-state index in [1.807, 2.05) is 18.7 Å². The van der Waals surface area contributed by atoms with Crippen LogP contribution in [-0.2, 0) is 16.0 Å². The van der Waals surface area contributed by atoms with E-state index in [1.54, 1.807) is 0 Å². The smallest absolute Gasteiger partial charge is 0.226 e. The van der Waals surface area contributed by atoms with Gasteiger partial charge in [0, 0.05) is 42.8 Å². The molecule has 136 valence electrons. The third kappa shape index (κ3) is 2.75. The van der Waals surface area contributed by atoms with E-state index in [0.29, 0.717) is 29.9 Å². The minimum absolute atomic E-state index is 0.212. The van der Waals surface area contributed by atoms with E-state index in [4.69, 9.17) is 4.74 Å². The summed E-state index contributed by atoms with van der Waals surface area (Å²) in [6, 6.07) is 9.04. The van der Waals surface area contributed by atoms with Crippen molar-refractivity contribution in [1.29, 1.82) is 0 Å². The lowest BCUT2D eigenvalue weighted by atomic mass is 9.46. The second kappa shape index (κ2) is 6.64. The predicted octanol–water partition coefficient (Wildman–Crippen LogP) is 3.47. The van der Waals surface area contributed by atoms with Crippen LogP contribution in [0.4, 0.5) is 5.69 Å². The molecular formula is C21H30N2O2. The zero-order chi connectivity index (χ0) is 17.4. The Hall–Kier alpha value is -1.55. The Balaban J connectivity index is 1.39. The summed E-state index contributed by atoms with van der Waals surface area (Å²) in [6.45, 7) is 6.56. The molecule has 0 radical (unpaired) electrons. The quantitative estimate of drug-likeness (QED) is 0.861. The third-order valence-electron chi connectivity index (χ3n) is 6.78. The minimum Gasteiger partial charge on any atom is -0.381 e. The number of nitrogens with zero attached hydrogens (tertiary/aromatic N) is 1. The van der Waals surface area contributed by atoms with Crippen molar-refractivity contribution in [2.75, 3.05) is 25.0 Å². The van der Waals surface area contributed by atoms with Gasteiger partial charge >= 0.3 is 0 Å². The first-order valence-corrected chi connectivity index (χ1v) is 9.93. The Kier molecular flexibility index (Phi) is 4.48. The molecule has 0 aromatic heterocycles. The van der Waals surface area contributed by atoms with Gasteiger partial charge in [0.25, 0.3) is 0 Å². The molecule has 1 amide bonds. The molecule has 4 nitrogen and oxygen atoms in total. The molecule has 1 aromatic rings. The van der Waals surface area contributed by atoms with Crippen LogP contribution in [0.25, 0.3) is 0 Å². The first-order chi connectivity index (χ1) is 12.2. The Morgan fingerprint density at radius 3 is 2.56 bits per heavy atom. The first-order valence-electron chi connectivity index (χ1n) is 9.93. The second-order valence-corrected chi connectivity index (χ2v) is 7.89. The van der Waals surface area contributed by atoms with Gasteiger partial charge in [-0.15, -0.1) is 0 Å². The molecule has 25 heavy (non-hydrogen) atoms. The number of likely N-dealkylation sites (N-methyl/N-ethyl adjacent to an activating group) is 1. The standard InChI is InChI=1S/C21H30N2O2/c1-3-23(4-2)18(24)14-15-6-8-16(9-7-15)22-19-17-10-13-25-20(17)21(19)11-5-12-21/h6-9,17,19-20,22H,3-5,10-14H2,1-2H3/t17-,19-,20+/m1/s1. The van der Waals surface area contributed by atoms with Gasteiger partial charge in [0.15, 0.2) is 0 Å². The highest BCUT2D eigenvalue weighted by Crippen LogP contribution is 2.63. The molecule has 1 spiro atoms. The van der Waals surface area contributed by atoms with Crippen molar-refractivity contribution in [3.05, 3.63) is 29.8 Å². The number of carbonyl (C=O) groups excluding carboxylic acids is 1. The molecular weight excluding hydrogens is 312 g/mol. The predicted molar refractivity (Wildman–Crippen MR) is 99.6 cm³/mol. The maximum absolute atomic E-state index is 12.2. The molecule has 1 heterocycles. The molecule has 1 aliphatic heterocycles. The van der Waals surface area contributed by atoms with Crippen LogP contribution in [0.5, 0.6) is 0 Å². The summed E-state index contributed by atoms with van der Waals surface area (Å²) in [4.78, 5) is 14.1. The highest BCUT2D eigenvalue weighted by Gasteiger charge is 2.66. The van der Waals surface area contributed by atoms with Crippen LogP contribution < -0.4 is 5.32 Å². The average Bonchev–Trinajstić information content (AvgIpc) is 2.99. The summed E-state index contributed by atoms with van der Waals surface area (Å²) in [5.41, 5.74) is 2.68. The van der Waals surface area contributed by atoms with Crippen molar-refractivity contribution < 1.29 is 9.53 Å². The van der Waals surface area contributed by atoms with E-state index in [9.17, 15) is 4.79 Å². The summed E-state index contributed by atoms with van der Waals surface area (Å²) in [7, 11) is 0. The van der Waals surface area contributed by atoms with Crippen molar-refractivity contribution in [3.63, 3.8) is 0 Å². The van der Waals surface area contributed by atoms with Crippen molar-refractivity contribution >= 4 is 11.6 Å². The summed E-state index contributed by atoms with van der Waals surface area (Å²) in [5.74, 6) is 0.897. The Bertz CT molecular complexity index is 619. The van der Waals surface area contributed by atoms with E-state index in [0.717, 1.165) is 25.3 Å². The average molecular weight is 342 g/mol. The van der Waals surface area contributed by atoms with Crippen molar-refractivity contribution in [2.45, 2.75) is 58.1 Å². The fourth-order valence-electron chi connectivity index (χ4n) is 5.22. The van der Waals surface area contributed by atoms with Gasteiger partial charge in [0.05, 0.1) is 12.5 Å². The van der Waals surface area contributed by atoms with E-state index < -0.39 is 0 Å². The van der Waals surface area contributed by atoms with Gasteiger partial charge in [-0.1, -0.05) is 18.6 Å². The van der Waals surface area contributed by atoms with Gasteiger partial charge in [0.2, 0.25) is 5.91 Å². The second-order valence-electron chi connectivity index (χ2n) is 7.89. The molecule has 0 bridgehead atoms. The van der Waals surface area contributed by atoms with E-state index >= 15 is 0 Å². The first kappa shape index (κ1) is 16.9. The number of benzene rings is 1. The highest BCUT2D eigenvalue weighted by molar-refractivity contribution is 5.78. The molecule has 1 saturated heterocycles. The van der Waals surface area contributed by atoms with Crippen LogP contribution in [0.2, 0.25) is 0 Å². The van der Waals surface area contributed by atoms with E-state index in [-0.39, 0.29) is 5.91 Å². The van der Waals surface area contributed by atoms with Gasteiger partial charge in [-0.25, -0.2) is 0 Å². The largest absolute Gasteiger partial charge is 0.381 e. The molecule has 3 atom stereocenters. The lowest BCUT2D eigenvalue weighted by Crippen LogP contribution is -2.68. The van der Waals surface area contributed by atoms with Crippen LogP contribution in [0.1, 0.15) is 45.1 Å². The molecule has 3 fully saturated rings. The SMILES string of the molecule is CCN(CC)C(=O)Cc1ccc(N[C@@H]2[C@H]3CCO[C@@H]3C23CCC3)cc1. The number of nitrogens with one attached hydrogen (secondary N) is 1. The Morgan fingerprint density at radius 1 is 1.24 bits per heavy atom. The summed E-state index contributed by atoms with van der Waals surface area (Å²) in [5, 5.41) is 3.79. The van der Waals surface area contributed by atoms with Crippen molar-refractivity contribution in [1.82, 2.24) is 4.90 Å². The topological polar surface area (TPSA) is 41.6 Å². The number of fused-ring (bicyclic) bond motifs is 2. The number of hydrogen-bond acceptors (Lipinski definition) is 3. The zero-order valence-corrected chi connectivity index (χ0v) is 15.5. The monoisotopic (exact) mass is 342 g/mol. The van der Waals surface area contributed by atoms with Crippen LogP contribution in [0.3, 0.4) is 0 Å². The number of hydrogen-bond donors (Lipinski definition) is 1. The molecule has 0 unspecified atom stereocenters. The maximum atomic E-state index is 12.2. The summed E-state index contributed by atoms with van der Waals surface area (Å²) in [6.07, 6.45) is 6.15. The van der Waals surface area contributed by atoms with Gasteiger partial charge in [-0.2, -0.15) is 0 Å². The fraction of sp³-hybridized carbons (Fsp3) is 0.667. The number of carbonyl (C=O) groups is 1. The van der Waals surface area contributed by atoms with Crippen LogP contribution in [0, 0.1) is 11.3 Å². The molecule has 1 aromatic carbocycles. The van der Waals surface area contributed by atoms with Gasteiger partial charge in [-0.3, -0.25) is 4.79 Å². The van der Waals surface area contributed by atoms with Crippen molar-refractivity contribution in [2.24, 2.45) is 11.3 Å². The molecule has 2 aliphatic carbocycles. The summed E-state index contributed by atoms with van der Waals surface area (Å²) >= 11 is 0.